The molecule has 7 heteroatoms. The topological polar surface area (TPSA) is 50.9 Å². The van der Waals surface area contributed by atoms with Crippen molar-refractivity contribution >= 4 is 0 Å². The van der Waals surface area contributed by atoms with E-state index in [2.05, 4.69) is 10.3 Å². The number of hydrogen-bond donors (Lipinski definition) is 2. The highest BCUT2D eigenvalue weighted by atomic mass is 19.2. The Morgan fingerprint density at radius 3 is 2.07 bits per heavy atom. The zero-order valence-corrected chi connectivity index (χ0v) is 7.66. The Morgan fingerprint density at radius 1 is 1.07 bits per heavy atom. The van der Waals surface area contributed by atoms with Gasteiger partial charge in [0.2, 0.25) is 0 Å². The summed E-state index contributed by atoms with van der Waals surface area (Å²) in [5.41, 5.74) is 4.40. The van der Waals surface area contributed by atoms with Crippen LogP contribution >= 0.6 is 0 Å². The highest BCUT2D eigenvalue weighted by Gasteiger charge is 2.19. The second kappa shape index (κ2) is 5.04. The molecule has 1 rings (SSSR count). The Bertz CT molecular complexity index is 330. The lowest BCUT2D eigenvalue weighted by Crippen LogP contribution is -2.23. The molecule has 1 heterocycles. The first kappa shape index (κ1) is 11.9. The average molecular weight is 223 g/mol. The molecule has 1 aromatic heterocycles. The summed E-state index contributed by atoms with van der Waals surface area (Å²) in [4.78, 5) is 2.43. The second-order valence-corrected chi connectivity index (χ2v) is 2.77. The van der Waals surface area contributed by atoms with E-state index in [4.69, 9.17) is 5.73 Å². The first-order valence-electron chi connectivity index (χ1n) is 4.17. The van der Waals surface area contributed by atoms with Gasteiger partial charge in [0, 0.05) is 25.2 Å². The quantitative estimate of drug-likeness (QED) is 0.448. The smallest absolute Gasteiger partial charge is 0.252 e. The van der Waals surface area contributed by atoms with E-state index in [1.807, 2.05) is 0 Å². The third kappa shape index (κ3) is 2.63. The molecule has 0 unspecified atom stereocenters. The van der Waals surface area contributed by atoms with E-state index in [1.54, 1.807) is 0 Å². The lowest BCUT2D eigenvalue weighted by molar-refractivity contribution is 0.391. The molecular formula is C8H9F4N3. The fourth-order valence-electron chi connectivity index (χ4n) is 1.00. The number of hydrogen-bond acceptors (Lipinski definition) is 3. The van der Waals surface area contributed by atoms with Gasteiger partial charge in [0.1, 0.15) is 0 Å². The van der Waals surface area contributed by atoms with E-state index >= 15 is 0 Å². The van der Waals surface area contributed by atoms with Gasteiger partial charge in [-0.3, -0.25) is 0 Å². The van der Waals surface area contributed by atoms with Crippen molar-refractivity contribution in [2.24, 2.45) is 5.73 Å². The van der Waals surface area contributed by atoms with Gasteiger partial charge in [-0.15, -0.1) is 0 Å². The van der Waals surface area contributed by atoms with E-state index in [0.717, 1.165) is 0 Å². The van der Waals surface area contributed by atoms with Gasteiger partial charge < -0.3 is 11.1 Å². The van der Waals surface area contributed by atoms with Gasteiger partial charge in [0.15, 0.2) is 11.6 Å². The fourth-order valence-corrected chi connectivity index (χ4v) is 1.00. The molecule has 0 aliphatic heterocycles. The van der Waals surface area contributed by atoms with Crippen molar-refractivity contribution in [3.63, 3.8) is 0 Å². The number of pyridine rings is 1. The zero-order chi connectivity index (χ0) is 11.4. The van der Waals surface area contributed by atoms with Gasteiger partial charge in [0.25, 0.3) is 11.9 Å². The summed E-state index contributed by atoms with van der Waals surface area (Å²) in [6.07, 6.45) is 0. The normalized spacial score (nSPS) is 10.7. The first-order valence-corrected chi connectivity index (χ1v) is 4.17. The summed E-state index contributed by atoms with van der Waals surface area (Å²) in [6, 6.07) is 0. The Hall–Kier alpha value is -1.21. The van der Waals surface area contributed by atoms with Crippen LogP contribution in [0.1, 0.15) is 5.56 Å². The van der Waals surface area contributed by atoms with E-state index in [1.165, 1.54) is 0 Å². The van der Waals surface area contributed by atoms with Crippen LogP contribution in [0.3, 0.4) is 0 Å². The van der Waals surface area contributed by atoms with Crippen molar-refractivity contribution in [1.29, 1.82) is 0 Å². The molecule has 0 aliphatic carbocycles. The third-order valence-corrected chi connectivity index (χ3v) is 1.71. The van der Waals surface area contributed by atoms with Crippen LogP contribution in [0.15, 0.2) is 0 Å². The molecule has 0 saturated heterocycles. The Kier molecular flexibility index (Phi) is 3.98. The largest absolute Gasteiger partial charge is 0.329 e. The van der Waals surface area contributed by atoms with Gasteiger partial charge in [0.05, 0.1) is 0 Å². The molecule has 84 valence electrons. The molecule has 1 aromatic rings. The Labute approximate surface area is 83.3 Å². The number of nitrogens with one attached hydrogen (secondary N) is 1. The molecule has 0 amide bonds. The second-order valence-electron chi connectivity index (χ2n) is 2.77. The number of nitrogens with zero attached hydrogens (tertiary/aromatic N) is 1. The van der Waals surface area contributed by atoms with E-state index in [9.17, 15) is 17.6 Å². The summed E-state index contributed by atoms with van der Waals surface area (Å²) in [5, 5.41) is 2.52. The van der Waals surface area contributed by atoms with Gasteiger partial charge in [-0.25, -0.2) is 8.78 Å². The lowest BCUT2D eigenvalue weighted by atomic mass is 10.2. The van der Waals surface area contributed by atoms with Crippen LogP contribution in [0, 0.1) is 23.5 Å². The predicted octanol–water partition coefficient (Wildman–Crippen LogP) is 0.686. The van der Waals surface area contributed by atoms with Gasteiger partial charge in [-0.2, -0.15) is 13.8 Å². The maximum absolute atomic E-state index is 13.0. The minimum Gasteiger partial charge on any atom is -0.329 e. The molecule has 0 saturated carbocycles. The van der Waals surface area contributed by atoms with Crippen LogP contribution < -0.4 is 11.1 Å². The minimum atomic E-state index is -1.65. The number of nitrogens with two attached hydrogens (primary N) is 1. The van der Waals surface area contributed by atoms with Crippen LogP contribution in [0.5, 0.6) is 0 Å². The van der Waals surface area contributed by atoms with Crippen molar-refractivity contribution in [3.05, 3.63) is 29.1 Å². The predicted molar refractivity (Wildman–Crippen MR) is 44.8 cm³/mol. The van der Waals surface area contributed by atoms with E-state index in [0.29, 0.717) is 0 Å². The molecule has 0 spiro atoms. The highest BCUT2D eigenvalue weighted by Crippen LogP contribution is 2.16. The van der Waals surface area contributed by atoms with Crippen molar-refractivity contribution in [2.45, 2.75) is 6.54 Å². The Morgan fingerprint density at radius 2 is 1.60 bits per heavy atom. The van der Waals surface area contributed by atoms with Gasteiger partial charge in [-0.05, 0) is 0 Å². The lowest BCUT2D eigenvalue weighted by Gasteiger charge is -2.06. The Balaban J connectivity index is 2.94. The molecule has 0 atom stereocenters. The molecule has 0 fully saturated rings. The van der Waals surface area contributed by atoms with Crippen LogP contribution in [-0.2, 0) is 6.54 Å². The SMILES string of the molecule is NCCNCc1c(F)c(F)nc(F)c1F. The maximum atomic E-state index is 13.0. The monoisotopic (exact) mass is 223 g/mol. The molecule has 3 N–H and O–H groups in total. The fraction of sp³-hybridized carbons (Fsp3) is 0.375. The maximum Gasteiger partial charge on any atom is 0.252 e. The summed E-state index contributed by atoms with van der Waals surface area (Å²) in [7, 11) is 0. The summed E-state index contributed by atoms with van der Waals surface area (Å²) in [5.74, 6) is -6.28. The molecule has 3 nitrogen and oxygen atoms in total. The number of halogens is 4. The van der Waals surface area contributed by atoms with Crippen molar-refractivity contribution < 1.29 is 17.6 Å². The standard InChI is InChI=1S/C8H9F4N3/c9-5-4(3-14-2-1-13)6(10)8(12)15-7(5)11/h14H,1-3,13H2. The summed E-state index contributed by atoms with van der Waals surface area (Å²) >= 11 is 0. The van der Waals surface area contributed by atoms with Crippen LogP contribution in [0.2, 0.25) is 0 Å². The first-order chi connectivity index (χ1) is 7.07. The molecule has 0 radical (unpaired) electrons. The molecule has 0 bridgehead atoms. The average Bonchev–Trinajstić information content (AvgIpc) is 2.20. The van der Waals surface area contributed by atoms with Gasteiger partial charge >= 0.3 is 0 Å². The highest BCUT2D eigenvalue weighted by molar-refractivity contribution is 5.17. The van der Waals surface area contributed by atoms with Crippen molar-refractivity contribution in [1.82, 2.24) is 10.3 Å². The molecule has 15 heavy (non-hydrogen) atoms. The molecular weight excluding hydrogens is 214 g/mol. The molecule has 0 aromatic carbocycles. The van der Waals surface area contributed by atoms with Crippen molar-refractivity contribution in [3.8, 4) is 0 Å². The zero-order valence-electron chi connectivity index (χ0n) is 7.66. The molecule has 0 aliphatic rings. The number of aromatic nitrogens is 1. The van der Waals surface area contributed by atoms with Crippen LogP contribution in [0.4, 0.5) is 17.6 Å². The summed E-state index contributed by atoms with van der Waals surface area (Å²) < 4.78 is 51.1. The number of rotatable bonds is 4. The van der Waals surface area contributed by atoms with Gasteiger partial charge in [-0.1, -0.05) is 0 Å². The minimum absolute atomic E-state index is 0.249. The van der Waals surface area contributed by atoms with Crippen molar-refractivity contribution in [2.75, 3.05) is 13.1 Å². The van der Waals surface area contributed by atoms with E-state index in [-0.39, 0.29) is 19.6 Å². The third-order valence-electron chi connectivity index (χ3n) is 1.71. The van der Waals surface area contributed by atoms with Crippen LogP contribution in [-0.4, -0.2) is 18.1 Å². The summed E-state index contributed by atoms with van der Waals surface area (Å²) in [6.45, 7) is 0.189. The van der Waals surface area contributed by atoms with Crippen LogP contribution in [0.25, 0.3) is 0 Å². The van der Waals surface area contributed by atoms with E-state index < -0.39 is 29.1 Å².